The highest BCUT2D eigenvalue weighted by Gasteiger charge is 2.36. The summed E-state index contributed by atoms with van der Waals surface area (Å²) in [6, 6.07) is 0. The zero-order chi connectivity index (χ0) is 8.55. The highest BCUT2D eigenvalue weighted by Crippen LogP contribution is 2.45. The number of aliphatic hydroxyl groups excluding tert-OH is 1. The van der Waals surface area contributed by atoms with Crippen LogP contribution >= 0.6 is 0 Å². The van der Waals surface area contributed by atoms with Crippen LogP contribution in [0.1, 0.15) is 32.6 Å². The van der Waals surface area contributed by atoms with Gasteiger partial charge in [0, 0.05) is 0 Å². The summed E-state index contributed by atoms with van der Waals surface area (Å²) < 4.78 is 0. The summed E-state index contributed by atoms with van der Waals surface area (Å²) in [5.74, 6) is 2.51. The minimum Gasteiger partial charge on any atom is -0.392 e. The Bertz CT molecular complexity index is 195. The second kappa shape index (κ2) is 3.21. The van der Waals surface area contributed by atoms with Crippen LogP contribution in [0.4, 0.5) is 0 Å². The van der Waals surface area contributed by atoms with Crippen molar-refractivity contribution in [2.45, 2.75) is 32.6 Å². The molecule has 3 unspecified atom stereocenters. The zero-order valence-corrected chi connectivity index (χ0v) is 7.79. The number of allylic oxidation sites excluding steroid dienone is 1. The van der Waals surface area contributed by atoms with Crippen LogP contribution in [-0.4, -0.2) is 11.7 Å². The van der Waals surface area contributed by atoms with Crippen molar-refractivity contribution in [3.05, 3.63) is 11.6 Å². The number of rotatable bonds is 1. The topological polar surface area (TPSA) is 20.2 Å². The summed E-state index contributed by atoms with van der Waals surface area (Å²) >= 11 is 0. The fourth-order valence-corrected chi connectivity index (χ4v) is 3.01. The summed E-state index contributed by atoms with van der Waals surface area (Å²) in [4.78, 5) is 0. The Morgan fingerprint density at radius 1 is 1.42 bits per heavy atom. The lowest BCUT2D eigenvalue weighted by Gasteiger charge is -2.28. The third-order valence-electron chi connectivity index (χ3n) is 3.75. The molecule has 0 aromatic heterocycles. The van der Waals surface area contributed by atoms with Gasteiger partial charge in [0.15, 0.2) is 0 Å². The van der Waals surface area contributed by atoms with Gasteiger partial charge in [-0.05, 0) is 49.0 Å². The van der Waals surface area contributed by atoms with Gasteiger partial charge < -0.3 is 5.11 Å². The van der Waals surface area contributed by atoms with Gasteiger partial charge in [-0.25, -0.2) is 0 Å². The van der Waals surface area contributed by atoms with Crippen molar-refractivity contribution in [3.63, 3.8) is 0 Å². The van der Waals surface area contributed by atoms with Crippen molar-refractivity contribution in [2.75, 3.05) is 6.61 Å². The van der Waals surface area contributed by atoms with Gasteiger partial charge >= 0.3 is 0 Å². The molecule has 0 radical (unpaired) electrons. The Kier molecular flexibility index (Phi) is 2.22. The molecule has 1 heteroatoms. The van der Waals surface area contributed by atoms with E-state index >= 15 is 0 Å². The lowest BCUT2D eigenvalue weighted by Crippen LogP contribution is -2.20. The number of hydrogen-bond acceptors (Lipinski definition) is 1. The maximum Gasteiger partial charge on any atom is 0.0644 e. The van der Waals surface area contributed by atoms with Crippen LogP contribution in [-0.2, 0) is 0 Å². The third kappa shape index (κ3) is 1.20. The van der Waals surface area contributed by atoms with Gasteiger partial charge in [0.1, 0.15) is 0 Å². The molecule has 2 rings (SSSR count). The molecule has 0 aromatic rings. The molecule has 0 aromatic carbocycles. The average Bonchev–Trinajstić information content (AvgIpc) is 2.48. The van der Waals surface area contributed by atoms with Crippen LogP contribution in [0.2, 0.25) is 0 Å². The molecule has 1 nitrogen and oxygen atoms in total. The van der Waals surface area contributed by atoms with Gasteiger partial charge in [-0.3, -0.25) is 0 Å². The molecular formula is C11H18O. The maximum atomic E-state index is 9.16. The fourth-order valence-electron chi connectivity index (χ4n) is 3.01. The van der Waals surface area contributed by atoms with Crippen LogP contribution in [0.5, 0.6) is 0 Å². The number of hydrogen-bond donors (Lipinski definition) is 1. The van der Waals surface area contributed by atoms with Crippen molar-refractivity contribution < 1.29 is 5.11 Å². The molecule has 12 heavy (non-hydrogen) atoms. The monoisotopic (exact) mass is 166 g/mol. The first kappa shape index (κ1) is 8.31. The van der Waals surface area contributed by atoms with Gasteiger partial charge in [-0.15, -0.1) is 0 Å². The van der Waals surface area contributed by atoms with E-state index in [1.165, 1.54) is 31.3 Å². The Hall–Kier alpha value is -0.300. The van der Waals surface area contributed by atoms with Gasteiger partial charge in [-0.2, -0.15) is 0 Å². The van der Waals surface area contributed by atoms with E-state index in [9.17, 15) is 0 Å². The maximum absolute atomic E-state index is 9.16. The van der Waals surface area contributed by atoms with E-state index in [2.05, 4.69) is 13.0 Å². The highest BCUT2D eigenvalue weighted by molar-refractivity contribution is 5.14. The predicted molar refractivity (Wildman–Crippen MR) is 49.8 cm³/mol. The van der Waals surface area contributed by atoms with Crippen molar-refractivity contribution in [3.8, 4) is 0 Å². The molecule has 1 N–H and O–H groups in total. The standard InChI is InChI=1S/C11H18O/c1-8-5-6-11-9(7-12)3-2-4-10(8)11/h3,8,10-12H,2,4-7H2,1H3. The van der Waals surface area contributed by atoms with Gasteiger partial charge in [-0.1, -0.05) is 13.0 Å². The van der Waals surface area contributed by atoms with E-state index in [0.29, 0.717) is 6.61 Å². The second-order valence-corrected chi connectivity index (χ2v) is 4.34. The lowest BCUT2D eigenvalue weighted by molar-refractivity contribution is 0.266. The molecule has 3 atom stereocenters. The normalized spacial score (nSPS) is 40.8. The largest absolute Gasteiger partial charge is 0.392 e. The van der Waals surface area contributed by atoms with E-state index < -0.39 is 0 Å². The van der Waals surface area contributed by atoms with Crippen LogP contribution in [0, 0.1) is 17.8 Å². The Labute approximate surface area is 74.5 Å². The van der Waals surface area contributed by atoms with Crippen LogP contribution < -0.4 is 0 Å². The van der Waals surface area contributed by atoms with E-state index in [-0.39, 0.29) is 0 Å². The smallest absolute Gasteiger partial charge is 0.0644 e. The van der Waals surface area contributed by atoms with Crippen molar-refractivity contribution in [2.24, 2.45) is 17.8 Å². The predicted octanol–water partition coefficient (Wildman–Crippen LogP) is 2.36. The summed E-state index contributed by atoms with van der Waals surface area (Å²) in [6.07, 6.45) is 7.50. The Balaban J connectivity index is 2.15. The SMILES string of the molecule is CC1CCC2C(CO)=CCCC12. The molecule has 2 aliphatic carbocycles. The van der Waals surface area contributed by atoms with E-state index in [0.717, 1.165) is 17.8 Å². The molecule has 0 aliphatic heterocycles. The minimum atomic E-state index is 0.299. The van der Waals surface area contributed by atoms with E-state index in [4.69, 9.17) is 5.11 Å². The molecule has 0 bridgehead atoms. The summed E-state index contributed by atoms with van der Waals surface area (Å²) in [5.41, 5.74) is 1.33. The summed E-state index contributed by atoms with van der Waals surface area (Å²) in [6.45, 7) is 2.67. The van der Waals surface area contributed by atoms with Crippen LogP contribution in [0.3, 0.4) is 0 Å². The van der Waals surface area contributed by atoms with Gasteiger partial charge in [0.05, 0.1) is 6.61 Å². The molecule has 0 saturated heterocycles. The number of fused-ring (bicyclic) bond motifs is 1. The van der Waals surface area contributed by atoms with Crippen molar-refractivity contribution in [1.29, 1.82) is 0 Å². The first-order valence-electron chi connectivity index (χ1n) is 5.12. The molecule has 0 heterocycles. The van der Waals surface area contributed by atoms with Crippen molar-refractivity contribution >= 4 is 0 Å². The molecular weight excluding hydrogens is 148 g/mol. The zero-order valence-electron chi connectivity index (χ0n) is 7.79. The first-order valence-corrected chi connectivity index (χ1v) is 5.12. The molecule has 0 spiro atoms. The molecule has 1 fully saturated rings. The average molecular weight is 166 g/mol. The molecule has 1 saturated carbocycles. The molecule has 2 aliphatic rings. The third-order valence-corrected chi connectivity index (χ3v) is 3.75. The highest BCUT2D eigenvalue weighted by atomic mass is 16.3. The van der Waals surface area contributed by atoms with Gasteiger partial charge in [0.25, 0.3) is 0 Å². The number of aliphatic hydroxyl groups is 1. The van der Waals surface area contributed by atoms with Gasteiger partial charge in [0.2, 0.25) is 0 Å². The first-order chi connectivity index (χ1) is 5.83. The van der Waals surface area contributed by atoms with Crippen molar-refractivity contribution in [1.82, 2.24) is 0 Å². The van der Waals surface area contributed by atoms with Crippen LogP contribution in [0.25, 0.3) is 0 Å². The quantitative estimate of drug-likeness (QED) is 0.593. The summed E-state index contributed by atoms with van der Waals surface area (Å²) in [5, 5.41) is 9.16. The molecule has 68 valence electrons. The Morgan fingerprint density at radius 2 is 2.25 bits per heavy atom. The van der Waals surface area contributed by atoms with Crippen LogP contribution in [0.15, 0.2) is 11.6 Å². The minimum absolute atomic E-state index is 0.299. The fraction of sp³-hybridized carbons (Fsp3) is 0.818. The van der Waals surface area contributed by atoms with E-state index in [1.807, 2.05) is 0 Å². The second-order valence-electron chi connectivity index (χ2n) is 4.34. The summed E-state index contributed by atoms with van der Waals surface area (Å²) in [7, 11) is 0. The Morgan fingerprint density at radius 3 is 3.00 bits per heavy atom. The lowest BCUT2D eigenvalue weighted by atomic mass is 9.78. The molecule has 0 amide bonds. The van der Waals surface area contributed by atoms with E-state index in [1.54, 1.807) is 0 Å².